The van der Waals surface area contributed by atoms with E-state index in [2.05, 4.69) is 46.7 Å². The van der Waals surface area contributed by atoms with Gasteiger partial charge in [0, 0.05) is 42.3 Å². The first-order valence-corrected chi connectivity index (χ1v) is 14.9. The Kier molecular flexibility index (Phi) is 14.6. The highest BCUT2D eigenvalue weighted by Crippen LogP contribution is 2.50. The van der Waals surface area contributed by atoms with Gasteiger partial charge >= 0.3 is 30.3 Å². The van der Waals surface area contributed by atoms with Crippen LogP contribution in [0.5, 0.6) is 11.5 Å². The Morgan fingerprint density at radius 2 is 1.48 bits per heavy atom. The fraction of sp³-hybridized carbons (Fsp3) is 0.516. The zero-order valence-corrected chi connectivity index (χ0v) is 27.4. The molecule has 1 heterocycles. The normalized spacial score (nSPS) is 20.3. The highest BCUT2D eigenvalue weighted by molar-refractivity contribution is 5.89. The van der Waals surface area contributed by atoms with E-state index in [9.17, 15) is 39.9 Å². The summed E-state index contributed by atoms with van der Waals surface area (Å²) < 4.78 is 101. The summed E-state index contributed by atoms with van der Waals surface area (Å²) >= 11 is 0. The summed E-state index contributed by atoms with van der Waals surface area (Å²) in [5.74, 6) is -6.02. The molecule has 2 aromatic rings. The minimum absolute atomic E-state index is 0.0338. The van der Waals surface area contributed by atoms with Gasteiger partial charge in [0.05, 0.1) is 14.2 Å². The summed E-state index contributed by atoms with van der Waals surface area (Å²) in [7, 11) is 7.44. The number of benzene rings is 2. The van der Waals surface area contributed by atoms with Gasteiger partial charge in [-0.25, -0.2) is 23.2 Å². The third kappa shape index (κ3) is 11.6. The van der Waals surface area contributed by atoms with Gasteiger partial charge in [-0.2, -0.15) is 26.3 Å². The van der Waals surface area contributed by atoms with Gasteiger partial charge in [-0.3, -0.25) is 4.90 Å². The maximum absolute atomic E-state index is 13.5. The van der Waals surface area contributed by atoms with E-state index in [1.54, 1.807) is 14.2 Å². The SMILES string of the molecule is COc1ccc([C@@]23CC[C@@H](NC(=O)Nc4ccc(F)c(F)c4)C[C@@H]2N(CCN(C)C)CC3)cc1OC.O=C(O)C(F)(F)F.O=C(O)C(F)(F)F. The highest BCUT2D eigenvalue weighted by atomic mass is 19.4. The number of nitrogens with one attached hydrogen (secondary N) is 2. The summed E-state index contributed by atoms with van der Waals surface area (Å²) in [6.45, 7) is 2.88. The van der Waals surface area contributed by atoms with Crippen LogP contribution >= 0.6 is 0 Å². The van der Waals surface area contributed by atoms with E-state index in [0.717, 1.165) is 63.2 Å². The fourth-order valence-corrected chi connectivity index (χ4v) is 5.78. The maximum Gasteiger partial charge on any atom is 0.490 e. The first-order chi connectivity index (χ1) is 23.1. The number of carbonyl (C=O) groups excluding carboxylic acids is 1. The summed E-state index contributed by atoms with van der Waals surface area (Å²) in [6.07, 6.45) is -6.60. The van der Waals surface area contributed by atoms with E-state index in [1.165, 1.54) is 11.6 Å². The molecule has 1 saturated carbocycles. The number of fused-ring (bicyclic) bond motifs is 1. The molecule has 2 amide bonds. The molecule has 1 aliphatic carbocycles. The number of carboxylic acid groups (broad SMARTS) is 2. The van der Waals surface area contributed by atoms with Crippen LogP contribution in [0.4, 0.5) is 45.6 Å². The van der Waals surface area contributed by atoms with Crippen LogP contribution in [0, 0.1) is 11.6 Å². The number of hydrogen-bond donors (Lipinski definition) is 4. The number of carbonyl (C=O) groups is 3. The molecule has 1 saturated heterocycles. The number of ether oxygens (including phenoxy) is 2. The lowest BCUT2D eigenvalue weighted by Gasteiger charge is -2.45. The largest absolute Gasteiger partial charge is 0.493 e. The average Bonchev–Trinajstić information content (AvgIpc) is 3.40. The van der Waals surface area contributed by atoms with Crippen molar-refractivity contribution in [1.29, 1.82) is 0 Å². The molecule has 0 aromatic heterocycles. The lowest BCUT2D eigenvalue weighted by Crippen LogP contribution is -2.53. The van der Waals surface area contributed by atoms with Crippen molar-refractivity contribution in [3.8, 4) is 11.5 Å². The Morgan fingerprint density at radius 3 is 1.98 bits per heavy atom. The molecule has 4 N–H and O–H groups in total. The van der Waals surface area contributed by atoms with E-state index >= 15 is 0 Å². The molecule has 4 rings (SSSR count). The Bertz CT molecular complexity index is 1450. The van der Waals surface area contributed by atoms with Gasteiger partial charge in [0.15, 0.2) is 23.1 Å². The summed E-state index contributed by atoms with van der Waals surface area (Å²) in [5, 5.41) is 19.9. The van der Waals surface area contributed by atoms with Crippen LogP contribution in [0.2, 0.25) is 0 Å². The van der Waals surface area contributed by atoms with Crippen LogP contribution in [0.25, 0.3) is 0 Å². The number of amides is 2. The number of halogens is 8. The second-order valence-electron chi connectivity index (χ2n) is 11.6. The summed E-state index contributed by atoms with van der Waals surface area (Å²) in [5.41, 5.74) is 1.42. The number of rotatable bonds is 8. The van der Waals surface area contributed by atoms with Crippen molar-refractivity contribution in [1.82, 2.24) is 15.1 Å². The standard InChI is InChI=1S/C27H36F2N4O3.2C2HF3O2/c1-32(2)13-14-33-12-11-27(18-5-8-23(35-3)24(15-18)36-4)10-9-20(17-25(27)33)31-26(34)30-19-6-7-21(28)22(29)16-19;2*3-2(4,5)1(6)7/h5-8,15-16,20,25H,9-14,17H2,1-4H3,(H2,30,31,34);2*(H,6,7)/t20-,25+,27+;;/m1../s1. The van der Waals surface area contributed by atoms with Crippen molar-refractivity contribution in [3.63, 3.8) is 0 Å². The number of methoxy groups -OCH3 is 2. The maximum atomic E-state index is 13.5. The number of anilines is 1. The molecule has 19 heteroatoms. The molecular weight excluding hydrogens is 692 g/mol. The molecule has 2 aliphatic rings. The average molecular weight is 731 g/mol. The van der Waals surface area contributed by atoms with Crippen molar-refractivity contribution in [2.45, 2.75) is 55.5 Å². The molecule has 11 nitrogen and oxygen atoms in total. The van der Waals surface area contributed by atoms with Crippen LogP contribution in [0.1, 0.15) is 31.2 Å². The summed E-state index contributed by atoms with van der Waals surface area (Å²) in [4.78, 5) is 35.2. The topological polar surface area (TPSA) is 141 Å². The second kappa shape index (κ2) is 17.5. The van der Waals surface area contributed by atoms with Crippen molar-refractivity contribution in [2.75, 3.05) is 53.3 Å². The molecule has 3 atom stereocenters. The lowest BCUT2D eigenvalue weighted by molar-refractivity contribution is -0.193. The van der Waals surface area contributed by atoms with Gasteiger partial charge in [0.1, 0.15) is 0 Å². The van der Waals surface area contributed by atoms with Crippen molar-refractivity contribution in [3.05, 3.63) is 53.6 Å². The number of urea groups is 1. The van der Waals surface area contributed by atoms with Gasteiger partial charge in [0.2, 0.25) is 0 Å². The first kappa shape index (κ1) is 41.8. The third-order valence-electron chi connectivity index (χ3n) is 8.16. The van der Waals surface area contributed by atoms with E-state index in [4.69, 9.17) is 29.3 Å². The first-order valence-electron chi connectivity index (χ1n) is 14.9. The molecule has 0 spiro atoms. The van der Waals surface area contributed by atoms with E-state index in [0.29, 0.717) is 5.75 Å². The Balaban J connectivity index is 0.000000521. The second-order valence-corrected chi connectivity index (χ2v) is 11.6. The predicted octanol–water partition coefficient (Wildman–Crippen LogP) is 5.50. The molecule has 50 heavy (non-hydrogen) atoms. The molecule has 0 bridgehead atoms. The van der Waals surface area contributed by atoms with Crippen molar-refractivity contribution >= 4 is 23.7 Å². The zero-order valence-electron chi connectivity index (χ0n) is 27.4. The van der Waals surface area contributed by atoms with Crippen LogP contribution < -0.4 is 20.1 Å². The van der Waals surface area contributed by atoms with E-state index < -0.39 is 42.0 Å². The summed E-state index contributed by atoms with van der Waals surface area (Å²) in [6, 6.07) is 9.36. The van der Waals surface area contributed by atoms with E-state index in [-0.39, 0.29) is 23.2 Å². The number of hydrogen-bond acceptors (Lipinski definition) is 7. The Labute approximate surface area is 282 Å². The van der Waals surface area contributed by atoms with Gasteiger partial charge < -0.3 is 35.2 Å². The third-order valence-corrected chi connectivity index (χ3v) is 8.16. The molecule has 0 radical (unpaired) electrons. The smallest absolute Gasteiger partial charge is 0.490 e. The molecular formula is C31H38F8N4O7. The van der Waals surface area contributed by atoms with Crippen molar-refractivity contribution < 1.29 is 69.2 Å². The predicted molar refractivity (Wildman–Crippen MR) is 163 cm³/mol. The minimum Gasteiger partial charge on any atom is -0.493 e. The van der Waals surface area contributed by atoms with Crippen molar-refractivity contribution in [2.24, 2.45) is 0 Å². The molecule has 2 aromatic carbocycles. The van der Waals surface area contributed by atoms with Gasteiger partial charge in [-0.1, -0.05) is 6.07 Å². The molecule has 280 valence electrons. The van der Waals surface area contributed by atoms with E-state index in [1.807, 2.05) is 6.07 Å². The molecule has 2 fully saturated rings. The van der Waals surface area contributed by atoms with Gasteiger partial charge in [-0.15, -0.1) is 0 Å². The molecule has 0 unspecified atom stereocenters. The van der Waals surface area contributed by atoms with Crippen LogP contribution in [0.15, 0.2) is 36.4 Å². The fourth-order valence-electron chi connectivity index (χ4n) is 5.78. The Morgan fingerprint density at radius 1 is 0.900 bits per heavy atom. The van der Waals surface area contributed by atoms with Crippen LogP contribution in [-0.2, 0) is 15.0 Å². The monoisotopic (exact) mass is 730 g/mol. The number of likely N-dealkylation sites (N-methyl/N-ethyl adjacent to an activating group) is 1. The quantitative estimate of drug-likeness (QED) is 0.260. The van der Waals surface area contributed by atoms with Gasteiger partial charge in [-0.05, 0) is 76.2 Å². The number of likely N-dealkylation sites (tertiary alicyclic amines) is 1. The zero-order chi connectivity index (χ0) is 38.0. The Hall–Kier alpha value is -4.39. The van der Waals surface area contributed by atoms with Crippen LogP contribution in [0.3, 0.4) is 0 Å². The highest BCUT2D eigenvalue weighted by Gasteiger charge is 2.51. The van der Waals surface area contributed by atoms with Gasteiger partial charge in [0.25, 0.3) is 0 Å². The lowest BCUT2D eigenvalue weighted by atomic mass is 9.65. The minimum atomic E-state index is -5.08. The number of aliphatic carboxylic acids is 2. The van der Waals surface area contributed by atoms with Crippen LogP contribution in [-0.4, -0.2) is 110 Å². The number of nitrogens with zero attached hydrogens (tertiary/aromatic N) is 2. The number of alkyl halides is 6. The molecule has 1 aliphatic heterocycles. The number of carboxylic acids is 2.